The summed E-state index contributed by atoms with van der Waals surface area (Å²) in [5.74, 6) is 0.747. The Balaban J connectivity index is 1.89. The molecule has 2 aromatic rings. The van der Waals surface area contributed by atoms with Gasteiger partial charge in [-0.15, -0.1) is 0 Å². The molecule has 2 amide bonds. The average Bonchev–Trinajstić information content (AvgIpc) is 2.89. The number of amides is 2. The fraction of sp³-hybridized carbons (Fsp3) is 0.375. The van der Waals surface area contributed by atoms with Crippen molar-refractivity contribution in [1.29, 1.82) is 0 Å². The van der Waals surface area contributed by atoms with Crippen LogP contribution in [-0.2, 0) is 13.1 Å². The van der Waals surface area contributed by atoms with Gasteiger partial charge in [0.05, 0.1) is 12.8 Å². The van der Waals surface area contributed by atoms with E-state index in [0.717, 1.165) is 11.3 Å². The first kappa shape index (κ1) is 18.5. The molecule has 0 saturated carbocycles. The van der Waals surface area contributed by atoms with Crippen molar-refractivity contribution < 1.29 is 27.6 Å². The lowest BCUT2D eigenvalue weighted by atomic mass is 10.2. The maximum absolute atomic E-state index is 12.3. The van der Waals surface area contributed by atoms with E-state index in [4.69, 9.17) is 9.26 Å². The molecule has 0 bridgehead atoms. The molecule has 0 atom stereocenters. The molecular formula is C16H19F2N3O4. The van der Waals surface area contributed by atoms with Crippen LogP contribution >= 0.6 is 0 Å². The van der Waals surface area contributed by atoms with Gasteiger partial charge < -0.3 is 24.6 Å². The van der Waals surface area contributed by atoms with Crippen molar-refractivity contribution >= 4 is 6.03 Å². The minimum atomic E-state index is -2.94. The Kier molecular flexibility index (Phi) is 6.15. The van der Waals surface area contributed by atoms with E-state index in [9.17, 15) is 13.6 Å². The van der Waals surface area contributed by atoms with Crippen molar-refractivity contribution in [3.05, 3.63) is 40.8 Å². The minimum absolute atomic E-state index is 0.0656. The van der Waals surface area contributed by atoms with Crippen LogP contribution in [0.5, 0.6) is 11.5 Å². The highest BCUT2D eigenvalue weighted by atomic mass is 19.3. The molecule has 0 radical (unpaired) electrons. The summed E-state index contributed by atoms with van der Waals surface area (Å²) < 4.78 is 39.0. The molecule has 0 unspecified atom stereocenters. The predicted octanol–water partition coefficient (Wildman–Crippen LogP) is 2.90. The number of ether oxygens (including phenoxy) is 2. The fourth-order valence-electron chi connectivity index (χ4n) is 2.18. The van der Waals surface area contributed by atoms with Crippen LogP contribution in [0, 0.1) is 13.8 Å². The van der Waals surface area contributed by atoms with E-state index in [-0.39, 0.29) is 30.6 Å². The van der Waals surface area contributed by atoms with Crippen molar-refractivity contribution in [2.45, 2.75) is 33.5 Å². The zero-order valence-electron chi connectivity index (χ0n) is 14.1. The van der Waals surface area contributed by atoms with Gasteiger partial charge in [0.1, 0.15) is 5.76 Å². The lowest BCUT2D eigenvalue weighted by Crippen LogP contribution is -2.34. The SMILES string of the molecule is COc1cc(CNC(=O)NCc2c(C)noc2C)ccc1OC(F)F. The molecule has 0 saturated heterocycles. The van der Waals surface area contributed by atoms with E-state index < -0.39 is 6.61 Å². The van der Waals surface area contributed by atoms with Gasteiger partial charge in [0.15, 0.2) is 11.5 Å². The number of hydrogen-bond donors (Lipinski definition) is 2. The second kappa shape index (κ2) is 8.32. The summed E-state index contributed by atoms with van der Waals surface area (Å²) >= 11 is 0. The Morgan fingerprint density at radius 3 is 2.56 bits per heavy atom. The lowest BCUT2D eigenvalue weighted by molar-refractivity contribution is -0.0512. The number of rotatable bonds is 7. The Hall–Kier alpha value is -2.84. The highest BCUT2D eigenvalue weighted by molar-refractivity contribution is 5.73. The summed E-state index contributed by atoms with van der Waals surface area (Å²) in [5, 5.41) is 9.17. The van der Waals surface area contributed by atoms with Gasteiger partial charge in [-0.2, -0.15) is 8.78 Å². The molecule has 0 fully saturated rings. The molecule has 25 heavy (non-hydrogen) atoms. The largest absolute Gasteiger partial charge is 0.493 e. The summed E-state index contributed by atoms with van der Waals surface area (Å²) in [6.45, 7) is 1.11. The highest BCUT2D eigenvalue weighted by Gasteiger charge is 2.12. The molecule has 1 aromatic heterocycles. The number of nitrogens with one attached hydrogen (secondary N) is 2. The Bertz CT molecular complexity index is 715. The smallest absolute Gasteiger partial charge is 0.387 e. The van der Waals surface area contributed by atoms with Crippen LogP contribution in [-0.4, -0.2) is 24.9 Å². The number of aromatic nitrogens is 1. The monoisotopic (exact) mass is 355 g/mol. The number of urea groups is 1. The summed E-state index contributed by atoms with van der Waals surface area (Å²) in [5.41, 5.74) is 2.22. The van der Waals surface area contributed by atoms with Crippen LogP contribution in [0.2, 0.25) is 0 Å². The number of aryl methyl sites for hydroxylation is 2. The third-order valence-electron chi connectivity index (χ3n) is 3.50. The van der Waals surface area contributed by atoms with E-state index in [1.165, 1.54) is 19.2 Å². The number of halogens is 2. The fourth-order valence-corrected chi connectivity index (χ4v) is 2.18. The second-order valence-electron chi connectivity index (χ2n) is 5.20. The van der Waals surface area contributed by atoms with Gasteiger partial charge in [-0.05, 0) is 31.5 Å². The molecule has 136 valence electrons. The van der Waals surface area contributed by atoms with Crippen molar-refractivity contribution in [3.63, 3.8) is 0 Å². The van der Waals surface area contributed by atoms with E-state index >= 15 is 0 Å². The Labute approximate surface area is 143 Å². The average molecular weight is 355 g/mol. The van der Waals surface area contributed by atoms with Crippen molar-refractivity contribution in [3.8, 4) is 11.5 Å². The summed E-state index contributed by atoms with van der Waals surface area (Å²) in [7, 11) is 1.35. The van der Waals surface area contributed by atoms with Gasteiger partial charge in [0.25, 0.3) is 0 Å². The van der Waals surface area contributed by atoms with Crippen LogP contribution in [0.15, 0.2) is 22.7 Å². The van der Waals surface area contributed by atoms with Gasteiger partial charge >= 0.3 is 12.6 Å². The van der Waals surface area contributed by atoms with E-state index in [0.29, 0.717) is 11.3 Å². The maximum atomic E-state index is 12.3. The molecule has 1 heterocycles. The van der Waals surface area contributed by atoms with Gasteiger partial charge in [-0.1, -0.05) is 11.2 Å². The zero-order chi connectivity index (χ0) is 18.4. The zero-order valence-corrected chi connectivity index (χ0v) is 14.1. The van der Waals surface area contributed by atoms with Gasteiger partial charge in [0, 0.05) is 18.7 Å². The number of nitrogens with zero attached hydrogens (tertiary/aromatic N) is 1. The number of carbonyl (C=O) groups is 1. The van der Waals surface area contributed by atoms with Gasteiger partial charge in [-0.25, -0.2) is 4.79 Å². The van der Waals surface area contributed by atoms with Crippen LogP contribution in [0.25, 0.3) is 0 Å². The molecule has 2 rings (SSSR count). The number of methoxy groups -OCH3 is 1. The molecule has 2 N–H and O–H groups in total. The summed E-state index contributed by atoms with van der Waals surface area (Å²) in [4.78, 5) is 11.9. The molecule has 9 heteroatoms. The first-order chi connectivity index (χ1) is 11.9. The van der Waals surface area contributed by atoms with Gasteiger partial charge in [0.2, 0.25) is 0 Å². The molecule has 1 aromatic carbocycles. The minimum Gasteiger partial charge on any atom is -0.493 e. The number of carbonyl (C=O) groups excluding carboxylic acids is 1. The van der Waals surface area contributed by atoms with Crippen LogP contribution < -0.4 is 20.1 Å². The first-order valence-corrected chi connectivity index (χ1v) is 7.46. The molecule has 0 aliphatic heterocycles. The van der Waals surface area contributed by atoms with Crippen LogP contribution in [0.3, 0.4) is 0 Å². The van der Waals surface area contributed by atoms with E-state index in [2.05, 4.69) is 20.5 Å². The topological polar surface area (TPSA) is 85.6 Å². The third kappa shape index (κ3) is 5.07. The Morgan fingerprint density at radius 2 is 1.96 bits per heavy atom. The van der Waals surface area contributed by atoms with E-state index in [1.54, 1.807) is 19.9 Å². The van der Waals surface area contributed by atoms with Crippen LogP contribution in [0.4, 0.5) is 13.6 Å². The standard InChI is InChI=1S/C16H19F2N3O4/c1-9-12(10(2)25-21-9)8-20-16(22)19-7-11-4-5-13(24-15(17)18)14(6-11)23-3/h4-6,15H,7-8H2,1-3H3,(H2,19,20,22). The van der Waals surface area contributed by atoms with Crippen molar-refractivity contribution in [1.82, 2.24) is 15.8 Å². The van der Waals surface area contributed by atoms with E-state index in [1.807, 2.05) is 0 Å². The van der Waals surface area contributed by atoms with Crippen molar-refractivity contribution in [2.24, 2.45) is 0 Å². The molecule has 7 nitrogen and oxygen atoms in total. The second-order valence-corrected chi connectivity index (χ2v) is 5.20. The maximum Gasteiger partial charge on any atom is 0.387 e. The quantitative estimate of drug-likeness (QED) is 0.798. The molecule has 0 spiro atoms. The first-order valence-electron chi connectivity index (χ1n) is 7.46. The lowest BCUT2D eigenvalue weighted by Gasteiger charge is -2.12. The highest BCUT2D eigenvalue weighted by Crippen LogP contribution is 2.29. The van der Waals surface area contributed by atoms with Crippen LogP contribution in [0.1, 0.15) is 22.6 Å². The normalized spacial score (nSPS) is 10.6. The Morgan fingerprint density at radius 1 is 1.24 bits per heavy atom. The van der Waals surface area contributed by atoms with Crippen molar-refractivity contribution in [2.75, 3.05) is 7.11 Å². The number of alkyl halides is 2. The molecular weight excluding hydrogens is 336 g/mol. The molecule has 0 aliphatic carbocycles. The number of hydrogen-bond acceptors (Lipinski definition) is 5. The summed E-state index contributed by atoms with van der Waals surface area (Å²) in [6.07, 6.45) is 0. The predicted molar refractivity (Wildman–Crippen MR) is 84.7 cm³/mol. The summed E-state index contributed by atoms with van der Waals surface area (Å²) in [6, 6.07) is 4.07. The third-order valence-corrected chi connectivity index (χ3v) is 3.50. The van der Waals surface area contributed by atoms with Gasteiger partial charge in [-0.3, -0.25) is 0 Å². The number of benzene rings is 1. The molecule has 0 aliphatic rings.